The molecule has 5 nitrogen and oxygen atoms in total. The molecule has 0 aliphatic heterocycles. The van der Waals surface area contributed by atoms with Crippen molar-refractivity contribution < 1.29 is 0 Å². The molecule has 0 fully saturated rings. The molecule has 0 amide bonds. The topological polar surface area (TPSA) is 54.2 Å². The minimum Gasteiger partial charge on any atom is -0.357 e. The van der Waals surface area contributed by atoms with Crippen LogP contribution in [-0.4, -0.2) is 28.8 Å². The lowest BCUT2D eigenvalue weighted by Gasteiger charge is -2.12. The number of hydrogen-bond acceptors (Lipinski definition) is 2. The average molecular weight is 364 g/mol. The van der Waals surface area contributed by atoms with Crippen LogP contribution < -0.4 is 10.6 Å². The molecule has 2 N–H and O–H groups in total. The highest BCUT2D eigenvalue weighted by molar-refractivity contribution is 5.86. The lowest BCUT2D eigenvalue weighted by Crippen LogP contribution is -2.38. The normalized spacial score (nSPS) is 11.7. The molecule has 5 heteroatoms. The second-order valence-corrected chi connectivity index (χ2v) is 6.76. The van der Waals surface area contributed by atoms with E-state index in [0.717, 1.165) is 37.7 Å². The van der Waals surface area contributed by atoms with Crippen molar-refractivity contribution in [3.05, 3.63) is 65.5 Å². The summed E-state index contributed by atoms with van der Waals surface area (Å²) >= 11 is 0. The first-order chi connectivity index (χ1) is 13.2. The van der Waals surface area contributed by atoms with Crippen molar-refractivity contribution in [2.75, 3.05) is 13.1 Å². The number of nitrogens with zero attached hydrogens (tertiary/aromatic N) is 3. The quantitative estimate of drug-likeness (QED) is 0.381. The third-order valence-corrected chi connectivity index (χ3v) is 4.57. The molecule has 0 atom stereocenters. The van der Waals surface area contributed by atoms with Crippen molar-refractivity contribution in [2.45, 2.75) is 40.3 Å². The summed E-state index contributed by atoms with van der Waals surface area (Å²) in [6.07, 6.45) is 1.00. The molecular weight excluding hydrogens is 334 g/mol. The Hall–Kier alpha value is -2.82. The fraction of sp³-hybridized carbons (Fsp3) is 0.364. The zero-order valence-electron chi connectivity index (χ0n) is 16.5. The summed E-state index contributed by atoms with van der Waals surface area (Å²) in [5, 5.41) is 13.8. The second-order valence-electron chi connectivity index (χ2n) is 6.76. The summed E-state index contributed by atoms with van der Waals surface area (Å²) in [5.41, 5.74) is 3.53. The first kappa shape index (κ1) is 19.0. The number of hydrogen-bond donors (Lipinski definition) is 2. The van der Waals surface area contributed by atoms with Crippen molar-refractivity contribution in [3.63, 3.8) is 0 Å². The van der Waals surface area contributed by atoms with E-state index in [2.05, 4.69) is 82.8 Å². The third kappa shape index (κ3) is 5.09. The lowest BCUT2D eigenvalue weighted by molar-refractivity contribution is 0.555. The van der Waals surface area contributed by atoms with Crippen molar-refractivity contribution in [1.29, 1.82) is 0 Å². The molecule has 0 radical (unpaired) electrons. The van der Waals surface area contributed by atoms with E-state index in [1.165, 1.54) is 22.0 Å². The molecule has 0 unspecified atom stereocenters. The maximum Gasteiger partial charge on any atom is 0.191 e. The van der Waals surface area contributed by atoms with Gasteiger partial charge in [-0.3, -0.25) is 4.68 Å². The van der Waals surface area contributed by atoms with Crippen LogP contribution in [0.5, 0.6) is 0 Å². The lowest BCUT2D eigenvalue weighted by atomic mass is 10.1. The smallest absolute Gasteiger partial charge is 0.191 e. The van der Waals surface area contributed by atoms with Gasteiger partial charge in [-0.2, -0.15) is 5.10 Å². The monoisotopic (exact) mass is 363 g/mol. The highest BCUT2D eigenvalue weighted by atomic mass is 15.3. The first-order valence-corrected chi connectivity index (χ1v) is 9.67. The van der Waals surface area contributed by atoms with Gasteiger partial charge >= 0.3 is 0 Å². The maximum atomic E-state index is 4.77. The van der Waals surface area contributed by atoms with Crippen LogP contribution in [0.1, 0.15) is 30.3 Å². The molecule has 0 spiro atoms. The molecular formula is C22H29N5. The number of rotatable bonds is 7. The number of aryl methyl sites for hydroxylation is 3. The Labute approximate surface area is 161 Å². The van der Waals surface area contributed by atoms with Crippen molar-refractivity contribution >= 4 is 16.7 Å². The number of guanidine groups is 1. The van der Waals surface area contributed by atoms with Crippen molar-refractivity contribution in [2.24, 2.45) is 4.99 Å². The van der Waals surface area contributed by atoms with Crippen molar-refractivity contribution in [1.82, 2.24) is 20.4 Å². The summed E-state index contributed by atoms with van der Waals surface area (Å²) in [7, 11) is 0. The van der Waals surface area contributed by atoms with E-state index < -0.39 is 0 Å². The highest BCUT2D eigenvalue weighted by Crippen LogP contribution is 2.19. The van der Waals surface area contributed by atoms with Gasteiger partial charge in [0.1, 0.15) is 0 Å². The summed E-state index contributed by atoms with van der Waals surface area (Å²) < 4.78 is 2.07. The Balaban J connectivity index is 1.58. The summed E-state index contributed by atoms with van der Waals surface area (Å²) in [6, 6.07) is 17.0. The molecule has 3 aromatic rings. The summed E-state index contributed by atoms with van der Waals surface area (Å²) in [5.74, 6) is 0.860. The molecule has 0 saturated heterocycles. The SMILES string of the molecule is CCNC(=NCc1cccc2ccccc12)NCCCn1nc(C)cc1C. The van der Waals surface area contributed by atoms with Crippen LogP contribution in [0.25, 0.3) is 10.8 Å². The largest absolute Gasteiger partial charge is 0.357 e. The van der Waals surface area contributed by atoms with Gasteiger partial charge in [-0.1, -0.05) is 42.5 Å². The maximum absolute atomic E-state index is 4.77. The number of nitrogens with one attached hydrogen (secondary N) is 2. The minimum atomic E-state index is 0.661. The second kappa shape index (κ2) is 9.21. The van der Waals surface area contributed by atoms with Crippen LogP contribution >= 0.6 is 0 Å². The average Bonchev–Trinajstić information content (AvgIpc) is 3.00. The Morgan fingerprint density at radius 3 is 2.67 bits per heavy atom. The molecule has 1 aromatic heterocycles. The standard InChI is InChI=1S/C22H29N5/c1-4-23-22(24-13-8-14-27-18(3)15-17(2)26-27)25-16-20-11-7-10-19-9-5-6-12-21(19)20/h5-7,9-12,15H,4,8,13-14,16H2,1-3H3,(H2,23,24,25). The molecule has 1 heterocycles. The van der Waals surface area contributed by atoms with Gasteiger partial charge in [-0.15, -0.1) is 0 Å². The molecule has 3 rings (SSSR count). The fourth-order valence-corrected chi connectivity index (χ4v) is 3.27. The van der Waals surface area contributed by atoms with Crippen molar-refractivity contribution in [3.8, 4) is 0 Å². The molecule has 27 heavy (non-hydrogen) atoms. The fourth-order valence-electron chi connectivity index (χ4n) is 3.27. The molecule has 0 bridgehead atoms. The number of aliphatic imine (C=N–C) groups is 1. The van der Waals surface area contributed by atoms with Gasteiger partial charge in [0.05, 0.1) is 12.2 Å². The summed E-state index contributed by atoms with van der Waals surface area (Å²) in [6.45, 7) is 9.50. The molecule has 0 saturated carbocycles. The van der Waals surface area contributed by atoms with Crippen LogP contribution in [0.15, 0.2) is 53.5 Å². The molecule has 142 valence electrons. The molecule has 0 aliphatic rings. The van der Waals surface area contributed by atoms with Gasteiger partial charge in [0.25, 0.3) is 0 Å². The van der Waals surface area contributed by atoms with E-state index in [1.807, 2.05) is 6.92 Å². The Morgan fingerprint density at radius 2 is 1.89 bits per heavy atom. The van der Waals surface area contributed by atoms with Gasteiger partial charge in [-0.05, 0) is 49.6 Å². The van der Waals surface area contributed by atoms with Crippen LogP contribution in [0.2, 0.25) is 0 Å². The molecule has 0 aliphatic carbocycles. The van der Waals surface area contributed by atoms with Crippen LogP contribution in [0.4, 0.5) is 0 Å². The van der Waals surface area contributed by atoms with Gasteiger partial charge in [0.15, 0.2) is 5.96 Å². The minimum absolute atomic E-state index is 0.661. The first-order valence-electron chi connectivity index (χ1n) is 9.67. The predicted molar refractivity (Wildman–Crippen MR) is 113 cm³/mol. The predicted octanol–water partition coefficient (Wildman–Crippen LogP) is 3.80. The Kier molecular flexibility index (Phi) is 6.47. The van der Waals surface area contributed by atoms with Crippen LogP contribution in [0, 0.1) is 13.8 Å². The van der Waals surface area contributed by atoms with Gasteiger partial charge < -0.3 is 10.6 Å². The third-order valence-electron chi connectivity index (χ3n) is 4.57. The molecule has 2 aromatic carbocycles. The van der Waals surface area contributed by atoms with Gasteiger partial charge in [0.2, 0.25) is 0 Å². The highest BCUT2D eigenvalue weighted by Gasteiger charge is 2.03. The number of fused-ring (bicyclic) bond motifs is 1. The summed E-state index contributed by atoms with van der Waals surface area (Å²) in [4.78, 5) is 4.77. The zero-order chi connectivity index (χ0) is 19.1. The van der Waals surface area contributed by atoms with E-state index in [1.54, 1.807) is 0 Å². The van der Waals surface area contributed by atoms with Crippen LogP contribution in [0.3, 0.4) is 0 Å². The zero-order valence-corrected chi connectivity index (χ0v) is 16.5. The van der Waals surface area contributed by atoms with E-state index in [0.29, 0.717) is 6.54 Å². The number of aromatic nitrogens is 2. The van der Waals surface area contributed by atoms with E-state index in [4.69, 9.17) is 4.99 Å². The van der Waals surface area contributed by atoms with E-state index >= 15 is 0 Å². The number of benzene rings is 2. The van der Waals surface area contributed by atoms with Gasteiger partial charge in [-0.25, -0.2) is 4.99 Å². The Morgan fingerprint density at radius 1 is 1.07 bits per heavy atom. The van der Waals surface area contributed by atoms with E-state index in [9.17, 15) is 0 Å². The van der Waals surface area contributed by atoms with Crippen LogP contribution in [-0.2, 0) is 13.1 Å². The van der Waals surface area contributed by atoms with Gasteiger partial charge in [0, 0.05) is 25.3 Å². The van der Waals surface area contributed by atoms with E-state index in [-0.39, 0.29) is 0 Å². The Bertz CT molecular complexity index is 905.